The smallest absolute Gasteiger partial charge is 0.188 e. The summed E-state index contributed by atoms with van der Waals surface area (Å²) in [4.78, 5) is 5.22. The number of rotatable bonds is 4. The molecule has 2 heterocycles. The number of thiophene rings is 1. The Morgan fingerprint density at radius 1 is 0.741 bits per heavy atom. The van der Waals surface area contributed by atoms with Crippen molar-refractivity contribution in [3.8, 4) is 0 Å². The molecule has 0 fully saturated rings. The van der Waals surface area contributed by atoms with Crippen molar-refractivity contribution in [3.63, 3.8) is 0 Å². The summed E-state index contributed by atoms with van der Waals surface area (Å²) >= 11 is 1.67. The lowest BCUT2D eigenvalue weighted by Crippen LogP contribution is -2.06. The number of fused-ring (bicyclic) bond motifs is 3. The molecule has 0 aliphatic rings. The zero-order chi connectivity index (χ0) is 18.3. The van der Waals surface area contributed by atoms with E-state index < -0.39 is 10.0 Å². The minimum absolute atomic E-state index is 0.978. The first-order chi connectivity index (χ1) is 13.3. The van der Waals surface area contributed by atoms with Crippen molar-refractivity contribution < 1.29 is 4.42 Å². The number of furan rings is 1. The van der Waals surface area contributed by atoms with Crippen molar-refractivity contribution in [2.24, 2.45) is 0 Å². The molecule has 5 aromatic rings. The molecule has 0 amide bonds. The maximum absolute atomic E-state index is 6.03. The summed E-state index contributed by atoms with van der Waals surface area (Å²) in [6.45, 7) is 2.31. The summed E-state index contributed by atoms with van der Waals surface area (Å²) < 4.78 is 6.03. The second-order valence-corrected chi connectivity index (χ2v) is 10.9. The van der Waals surface area contributed by atoms with Gasteiger partial charge in [-0.05, 0) is 74.4 Å². The normalized spacial score (nSPS) is 12.6. The van der Waals surface area contributed by atoms with Crippen molar-refractivity contribution in [1.29, 1.82) is 0 Å². The lowest BCUT2D eigenvalue weighted by atomic mass is 10.2. The van der Waals surface area contributed by atoms with Crippen LogP contribution in [-0.2, 0) is 0 Å². The molecular weight excluding hydrogens is 368 g/mol. The molecule has 134 valence electrons. The van der Waals surface area contributed by atoms with Gasteiger partial charge in [-0.3, -0.25) is 0 Å². The van der Waals surface area contributed by atoms with E-state index in [1.165, 1.54) is 25.5 Å². The molecule has 0 unspecified atom stereocenters. The van der Waals surface area contributed by atoms with Crippen LogP contribution >= 0.6 is 21.4 Å². The van der Waals surface area contributed by atoms with Crippen LogP contribution in [0.3, 0.4) is 0 Å². The molecule has 3 heteroatoms. The predicted molar refractivity (Wildman–Crippen MR) is 117 cm³/mol. The molecule has 5 rings (SSSR count). The first kappa shape index (κ1) is 16.7. The summed E-state index contributed by atoms with van der Waals surface area (Å²) in [5.74, 6) is 1.07. The molecule has 2 aromatic heterocycles. The average Bonchev–Trinajstić information content (AvgIpc) is 3.32. The third kappa shape index (κ3) is 2.53. The Morgan fingerprint density at radius 3 is 2.04 bits per heavy atom. The van der Waals surface area contributed by atoms with Crippen LogP contribution in [0.1, 0.15) is 6.92 Å². The molecule has 0 saturated carbocycles. The van der Waals surface area contributed by atoms with E-state index in [0.717, 1.165) is 16.2 Å². The Labute approximate surface area is 164 Å². The van der Waals surface area contributed by atoms with Gasteiger partial charge in [0.2, 0.25) is 0 Å². The quantitative estimate of drug-likeness (QED) is 0.304. The fraction of sp³-hybridized carbons (Fsp3) is 0.0833. The highest BCUT2D eigenvalue weighted by Crippen LogP contribution is 2.68. The van der Waals surface area contributed by atoms with Gasteiger partial charge >= 0.3 is 0 Å². The molecule has 0 radical (unpaired) electrons. The van der Waals surface area contributed by atoms with Gasteiger partial charge in [0.1, 0.15) is 5.58 Å². The van der Waals surface area contributed by atoms with Crippen LogP contribution in [0.25, 0.3) is 21.3 Å². The molecule has 0 aliphatic heterocycles. The van der Waals surface area contributed by atoms with Crippen molar-refractivity contribution in [2.45, 2.75) is 21.6 Å². The second-order valence-electron chi connectivity index (χ2n) is 6.54. The van der Waals surface area contributed by atoms with E-state index in [1.54, 1.807) is 11.3 Å². The van der Waals surface area contributed by atoms with Gasteiger partial charge < -0.3 is 4.42 Å². The maximum atomic E-state index is 6.03. The van der Waals surface area contributed by atoms with Crippen LogP contribution in [-0.4, -0.2) is 5.75 Å². The highest BCUT2D eigenvalue weighted by molar-refractivity contribution is 8.33. The van der Waals surface area contributed by atoms with E-state index in [4.69, 9.17) is 4.42 Å². The molecule has 1 nitrogen and oxygen atoms in total. The van der Waals surface area contributed by atoms with Crippen LogP contribution in [0.2, 0.25) is 0 Å². The van der Waals surface area contributed by atoms with E-state index in [2.05, 4.69) is 97.2 Å². The van der Waals surface area contributed by atoms with Gasteiger partial charge in [-0.25, -0.2) is 0 Å². The van der Waals surface area contributed by atoms with Gasteiger partial charge in [0, 0.05) is 10.8 Å². The van der Waals surface area contributed by atoms with Crippen LogP contribution in [0.15, 0.2) is 109 Å². The first-order valence-corrected chi connectivity index (χ1v) is 11.8. The summed E-state index contributed by atoms with van der Waals surface area (Å²) in [5, 5.41) is 4.55. The minimum Gasteiger partial charge on any atom is -0.445 e. The van der Waals surface area contributed by atoms with Gasteiger partial charge in [0.05, 0.1) is 0 Å². The highest BCUT2D eigenvalue weighted by Gasteiger charge is 2.29. The third-order valence-electron chi connectivity index (χ3n) is 5.20. The number of hydrogen-bond donors (Lipinski definition) is 0. The third-order valence-corrected chi connectivity index (χ3v) is 10.1. The van der Waals surface area contributed by atoms with Crippen molar-refractivity contribution in [3.05, 3.63) is 90.3 Å². The molecule has 0 bridgehead atoms. The Bertz CT molecular complexity index is 1160. The second kappa shape index (κ2) is 6.59. The van der Waals surface area contributed by atoms with E-state index >= 15 is 0 Å². The Morgan fingerprint density at radius 2 is 1.41 bits per heavy atom. The highest BCUT2D eigenvalue weighted by atomic mass is 32.3. The lowest BCUT2D eigenvalue weighted by Gasteiger charge is -2.40. The van der Waals surface area contributed by atoms with Crippen LogP contribution in [0.5, 0.6) is 0 Å². The van der Waals surface area contributed by atoms with Crippen molar-refractivity contribution in [1.82, 2.24) is 0 Å². The Hall–Kier alpha value is -2.49. The van der Waals surface area contributed by atoms with E-state index in [-0.39, 0.29) is 0 Å². The molecule has 0 saturated heterocycles. The molecule has 0 aliphatic carbocycles. The molecule has 0 atom stereocenters. The Balaban J connectivity index is 1.83. The largest absolute Gasteiger partial charge is 0.445 e. The van der Waals surface area contributed by atoms with E-state index in [1.807, 2.05) is 0 Å². The SMILES string of the molecule is CCS(c1ccccc1)(c1ccccc1)c1ccc2oc3sccc3c2c1. The van der Waals surface area contributed by atoms with Gasteiger partial charge in [0.25, 0.3) is 0 Å². The zero-order valence-corrected chi connectivity index (χ0v) is 16.7. The van der Waals surface area contributed by atoms with Crippen molar-refractivity contribution in [2.75, 3.05) is 5.75 Å². The summed E-state index contributed by atoms with van der Waals surface area (Å²) in [7, 11) is -1.33. The number of hydrogen-bond acceptors (Lipinski definition) is 2. The van der Waals surface area contributed by atoms with Gasteiger partial charge in [-0.1, -0.05) is 43.3 Å². The number of benzene rings is 3. The van der Waals surface area contributed by atoms with Gasteiger partial charge in [-0.2, -0.15) is 10.0 Å². The van der Waals surface area contributed by atoms with Gasteiger partial charge in [-0.15, -0.1) is 11.3 Å². The van der Waals surface area contributed by atoms with Crippen molar-refractivity contribution >= 4 is 42.6 Å². The molecule has 3 aromatic carbocycles. The zero-order valence-electron chi connectivity index (χ0n) is 15.1. The van der Waals surface area contributed by atoms with Crippen LogP contribution in [0.4, 0.5) is 0 Å². The van der Waals surface area contributed by atoms with E-state index in [9.17, 15) is 0 Å². The average molecular weight is 389 g/mol. The topological polar surface area (TPSA) is 13.1 Å². The summed E-state index contributed by atoms with van der Waals surface area (Å²) in [5.41, 5.74) is 0.978. The summed E-state index contributed by atoms with van der Waals surface area (Å²) in [6, 6.07) is 30.9. The summed E-state index contributed by atoms with van der Waals surface area (Å²) in [6.07, 6.45) is 0. The monoisotopic (exact) mass is 388 g/mol. The minimum atomic E-state index is -1.33. The molecule has 0 spiro atoms. The fourth-order valence-corrected chi connectivity index (χ4v) is 8.36. The molecule has 0 N–H and O–H groups in total. The predicted octanol–water partition coefficient (Wildman–Crippen LogP) is 7.95. The standard InChI is InChI=1S/C24H20OS2/c1-2-27(18-9-5-3-6-10-18,19-11-7-4-8-12-19)20-13-14-23-22(17-20)21-15-16-26-24(21)25-23/h3-17H,2H2,1H3. The first-order valence-electron chi connectivity index (χ1n) is 9.14. The van der Waals surface area contributed by atoms with E-state index in [0.29, 0.717) is 0 Å². The maximum Gasteiger partial charge on any atom is 0.188 e. The van der Waals surface area contributed by atoms with Gasteiger partial charge in [0.15, 0.2) is 4.90 Å². The van der Waals surface area contributed by atoms with Crippen LogP contribution < -0.4 is 0 Å². The lowest BCUT2D eigenvalue weighted by molar-refractivity contribution is 0.677. The Kier molecular flexibility index (Phi) is 4.07. The fourth-order valence-electron chi connectivity index (χ4n) is 3.91. The van der Waals surface area contributed by atoms with Crippen LogP contribution in [0, 0.1) is 0 Å². The molecule has 27 heavy (non-hydrogen) atoms. The molecular formula is C24H20OS2.